The third kappa shape index (κ3) is 1.94. The predicted octanol–water partition coefficient (Wildman–Crippen LogP) is 3.41. The van der Waals surface area contributed by atoms with E-state index < -0.39 is 0 Å². The van der Waals surface area contributed by atoms with Gasteiger partial charge in [0.2, 0.25) is 0 Å². The lowest BCUT2D eigenvalue weighted by molar-refractivity contribution is 0.155. The van der Waals surface area contributed by atoms with E-state index in [2.05, 4.69) is 36.4 Å². The van der Waals surface area contributed by atoms with Crippen molar-refractivity contribution >= 4 is 11.3 Å². The Bertz CT molecular complexity index is 584. The van der Waals surface area contributed by atoms with Crippen LogP contribution in [0.4, 0.5) is 0 Å². The lowest BCUT2D eigenvalue weighted by Gasteiger charge is -2.31. The minimum atomic E-state index is -0.296. The molecule has 0 saturated carbocycles. The molecule has 0 aromatic carbocycles. The smallest absolute Gasteiger partial charge is 0.118 e. The fourth-order valence-electron chi connectivity index (χ4n) is 3.28. The monoisotopic (exact) mass is 276 g/mol. The van der Waals surface area contributed by atoms with Crippen LogP contribution in [0, 0.1) is 6.92 Å². The molecule has 0 spiro atoms. The lowest BCUT2D eigenvalue weighted by Crippen LogP contribution is -2.31. The predicted molar refractivity (Wildman–Crippen MR) is 77.6 cm³/mol. The number of aryl methyl sites for hydroxylation is 1. The van der Waals surface area contributed by atoms with Crippen LogP contribution in [0.1, 0.15) is 54.8 Å². The number of thiazole rings is 1. The van der Waals surface area contributed by atoms with E-state index in [0.29, 0.717) is 0 Å². The van der Waals surface area contributed by atoms with Crippen molar-refractivity contribution in [2.75, 3.05) is 0 Å². The summed E-state index contributed by atoms with van der Waals surface area (Å²) in [7, 11) is 0. The second kappa shape index (κ2) is 4.46. The van der Waals surface area contributed by atoms with Crippen LogP contribution in [0.2, 0.25) is 0 Å². The molecular formula is C15H20N2OS. The number of fused-ring (bicyclic) bond motifs is 1. The maximum absolute atomic E-state index is 10.2. The summed E-state index contributed by atoms with van der Waals surface area (Å²) in [6.45, 7) is 6.54. The molecule has 0 fully saturated rings. The molecule has 1 unspecified atom stereocenters. The van der Waals surface area contributed by atoms with Crippen molar-refractivity contribution in [2.24, 2.45) is 0 Å². The third-order valence-corrected chi connectivity index (χ3v) is 5.17. The van der Waals surface area contributed by atoms with Crippen LogP contribution in [0.5, 0.6) is 0 Å². The Balaban J connectivity index is 2.16. The Morgan fingerprint density at radius 1 is 1.47 bits per heavy atom. The zero-order valence-electron chi connectivity index (χ0n) is 11.7. The van der Waals surface area contributed by atoms with Gasteiger partial charge < -0.3 is 9.67 Å². The summed E-state index contributed by atoms with van der Waals surface area (Å²) in [6, 6.07) is 2.15. The Hall–Kier alpha value is -1.13. The molecule has 1 N–H and O–H groups in total. The van der Waals surface area contributed by atoms with Crippen molar-refractivity contribution in [1.82, 2.24) is 9.55 Å². The molecule has 3 nitrogen and oxygen atoms in total. The summed E-state index contributed by atoms with van der Waals surface area (Å²) >= 11 is 1.69. The normalized spacial score (nSPS) is 19.5. The first kappa shape index (κ1) is 12.9. The quantitative estimate of drug-likeness (QED) is 0.913. The summed E-state index contributed by atoms with van der Waals surface area (Å²) in [5, 5.41) is 13.3. The fourth-order valence-corrected chi connectivity index (χ4v) is 4.03. The van der Waals surface area contributed by atoms with E-state index in [-0.39, 0.29) is 11.6 Å². The van der Waals surface area contributed by atoms with Gasteiger partial charge in [0, 0.05) is 28.5 Å². The molecule has 2 aromatic rings. The SMILES string of the molecule is Cc1cc2c(n1C(C)(C)c1nccs1)CCCC2O. The maximum atomic E-state index is 10.2. The molecule has 2 aromatic heterocycles. The molecule has 2 heterocycles. The van der Waals surface area contributed by atoms with Gasteiger partial charge in [-0.25, -0.2) is 4.98 Å². The van der Waals surface area contributed by atoms with Gasteiger partial charge in [0.1, 0.15) is 5.01 Å². The van der Waals surface area contributed by atoms with E-state index >= 15 is 0 Å². The first-order chi connectivity index (χ1) is 9.01. The Labute approximate surface area is 117 Å². The number of hydrogen-bond acceptors (Lipinski definition) is 3. The average molecular weight is 276 g/mol. The minimum absolute atomic E-state index is 0.150. The zero-order chi connectivity index (χ0) is 13.6. The van der Waals surface area contributed by atoms with Crippen LogP contribution in [0.25, 0.3) is 0 Å². The van der Waals surface area contributed by atoms with Crippen LogP contribution < -0.4 is 0 Å². The molecule has 0 saturated heterocycles. The molecule has 0 bridgehead atoms. The van der Waals surface area contributed by atoms with E-state index in [0.717, 1.165) is 29.8 Å². The topological polar surface area (TPSA) is 38.0 Å². The van der Waals surface area contributed by atoms with Crippen molar-refractivity contribution in [2.45, 2.75) is 51.7 Å². The molecule has 0 radical (unpaired) electrons. The highest BCUT2D eigenvalue weighted by Gasteiger charge is 2.32. The fraction of sp³-hybridized carbons (Fsp3) is 0.533. The highest BCUT2D eigenvalue weighted by Crippen LogP contribution is 2.38. The average Bonchev–Trinajstić information content (AvgIpc) is 2.96. The van der Waals surface area contributed by atoms with Crippen molar-refractivity contribution in [3.8, 4) is 0 Å². The number of nitrogens with zero attached hydrogens (tertiary/aromatic N) is 2. The van der Waals surface area contributed by atoms with Crippen LogP contribution in [0.3, 0.4) is 0 Å². The Kier molecular flexibility index (Phi) is 3.02. The minimum Gasteiger partial charge on any atom is -0.388 e. The van der Waals surface area contributed by atoms with E-state index in [1.54, 1.807) is 11.3 Å². The van der Waals surface area contributed by atoms with Crippen molar-refractivity contribution in [1.29, 1.82) is 0 Å². The van der Waals surface area contributed by atoms with Gasteiger partial charge in [-0.05, 0) is 46.1 Å². The molecule has 1 aliphatic rings. The van der Waals surface area contributed by atoms with Gasteiger partial charge in [-0.15, -0.1) is 11.3 Å². The van der Waals surface area contributed by atoms with E-state index in [1.165, 1.54) is 11.4 Å². The van der Waals surface area contributed by atoms with Crippen molar-refractivity contribution in [3.63, 3.8) is 0 Å². The molecular weight excluding hydrogens is 256 g/mol. The van der Waals surface area contributed by atoms with Gasteiger partial charge in [-0.1, -0.05) is 0 Å². The van der Waals surface area contributed by atoms with E-state index in [4.69, 9.17) is 0 Å². The largest absolute Gasteiger partial charge is 0.388 e. The summed E-state index contributed by atoms with van der Waals surface area (Å²) in [5.41, 5.74) is 3.47. The highest BCUT2D eigenvalue weighted by atomic mass is 32.1. The van der Waals surface area contributed by atoms with Crippen LogP contribution in [0.15, 0.2) is 17.6 Å². The molecule has 4 heteroatoms. The molecule has 19 heavy (non-hydrogen) atoms. The van der Waals surface area contributed by atoms with Crippen LogP contribution in [-0.2, 0) is 12.0 Å². The first-order valence-corrected chi connectivity index (χ1v) is 7.69. The molecule has 1 atom stereocenters. The van der Waals surface area contributed by atoms with Gasteiger partial charge in [-0.2, -0.15) is 0 Å². The third-order valence-electron chi connectivity index (χ3n) is 4.09. The van der Waals surface area contributed by atoms with Gasteiger partial charge in [-0.3, -0.25) is 0 Å². The second-order valence-corrected chi connectivity index (χ2v) is 6.72. The molecule has 0 aliphatic heterocycles. The summed E-state index contributed by atoms with van der Waals surface area (Å²) < 4.78 is 2.36. The molecule has 102 valence electrons. The highest BCUT2D eigenvalue weighted by molar-refractivity contribution is 7.09. The molecule has 3 rings (SSSR count). The first-order valence-electron chi connectivity index (χ1n) is 6.81. The van der Waals surface area contributed by atoms with Crippen LogP contribution >= 0.6 is 11.3 Å². The lowest BCUT2D eigenvalue weighted by atomic mass is 9.94. The van der Waals surface area contributed by atoms with Gasteiger partial charge >= 0.3 is 0 Å². The summed E-state index contributed by atoms with van der Waals surface area (Å²) in [5.74, 6) is 0. The number of aliphatic hydroxyl groups excluding tert-OH is 1. The number of hydrogen-bond donors (Lipinski definition) is 1. The number of aromatic nitrogens is 2. The second-order valence-electron chi connectivity index (χ2n) is 5.83. The molecule has 0 amide bonds. The maximum Gasteiger partial charge on any atom is 0.118 e. The van der Waals surface area contributed by atoms with Gasteiger partial charge in [0.25, 0.3) is 0 Å². The summed E-state index contributed by atoms with van der Waals surface area (Å²) in [4.78, 5) is 4.49. The Morgan fingerprint density at radius 3 is 2.95 bits per heavy atom. The van der Waals surface area contributed by atoms with Crippen molar-refractivity contribution in [3.05, 3.63) is 39.6 Å². The van der Waals surface area contributed by atoms with Gasteiger partial charge in [0.05, 0.1) is 11.6 Å². The number of aliphatic hydroxyl groups is 1. The number of rotatable bonds is 2. The Morgan fingerprint density at radius 2 is 2.26 bits per heavy atom. The van der Waals surface area contributed by atoms with E-state index in [1.807, 2.05) is 11.6 Å². The van der Waals surface area contributed by atoms with Crippen LogP contribution in [-0.4, -0.2) is 14.7 Å². The molecule has 1 aliphatic carbocycles. The standard InChI is InChI=1S/C15H20N2OS/c1-10-9-11-12(5-4-6-13(11)18)17(10)15(2,3)14-16-7-8-19-14/h7-9,13,18H,4-6H2,1-3H3. The zero-order valence-corrected chi connectivity index (χ0v) is 12.5. The summed E-state index contributed by atoms with van der Waals surface area (Å²) in [6.07, 6.45) is 4.56. The van der Waals surface area contributed by atoms with Crippen molar-refractivity contribution < 1.29 is 5.11 Å². The van der Waals surface area contributed by atoms with E-state index in [9.17, 15) is 5.11 Å². The van der Waals surface area contributed by atoms with Gasteiger partial charge in [0.15, 0.2) is 0 Å².